The van der Waals surface area contributed by atoms with Gasteiger partial charge < -0.3 is 14.7 Å². The number of nitrogens with zero attached hydrogens (tertiary/aromatic N) is 1. The minimum Gasteiger partial charge on any atom is -0.461 e. The van der Waals surface area contributed by atoms with Crippen molar-refractivity contribution in [1.82, 2.24) is 4.90 Å². The summed E-state index contributed by atoms with van der Waals surface area (Å²) in [6, 6.07) is 1.30. The van der Waals surface area contributed by atoms with Gasteiger partial charge in [0.15, 0.2) is 0 Å². The zero-order valence-electron chi connectivity index (χ0n) is 24.0. The van der Waals surface area contributed by atoms with Crippen LogP contribution in [0, 0.1) is 34.0 Å². The summed E-state index contributed by atoms with van der Waals surface area (Å²) in [4.78, 5) is 29.6. The molecule has 5 nitrogen and oxygen atoms in total. The first-order chi connectivity index (χ1) is 17.5. The highest BCUT2D eigenvalue weighted by Crippen LogP contribution is 2.68. The number of hydrogen-bond acceptors (Lipinski definition) is 6. The molecule has 2 saturated heterocycles. The van der Waals surface area contributed by atoms with Gasteiger partial charge in [0.2, 0.25) is 1.43 Å². The summed E-state index contributed by atoms with van der Waals surface area (Å²) in [5.41, 5.74) is -1.19. The molecule has 0 spiro atoms. The van der Waals surface area contributed by atoms with Crippen molar-refractivity contribution in [3.63, 3.8) is 0 Å². The summed E-state index contributed by atoms with van der Waals surface area (Å²) >= 11 is 1.76. The monoisotopic (exact) mass is 518 g/mol. The molecule has 10 atom stereocenters. The van der Waals surface area contributed by atoms with Crippen molar-refractivity contribution < 1.29 is 19.4 Å². The summed E-state index contributed by atoms with van der Waals surface area (Å²) in [5.74, 6) is 0.642. The second-order valence-electron chi connectivity index (χ2n) is 13.5. The van der Waals surface area contributed by atoms with Crippen LogP contribution in [0.3, 0.4) is 0 Å². The van der Waals surface area contributed by atoms with Crippen LogP contribution in [0.1, 0.15) is 85.5 Å². The highest BCUT2D eigenvalue weighted by Gasteiger charge is 2.68. The molecule has 2 heterocycles. The van der Waals surface area contributed by atoms with Gasteiger partial charge >= 0.3 is 5.97 Å². The lowest BCUT2D eigenvalue weighted by molar-refractivity contribution is -0.205. The standard InChI is InChI=1S/C30H47NO4S/c1-7-28(4)16-24(35-25(33)17-36-22-14-20-8-9-21(15-22)31(20)6)29(5)18(2)10-12-30(19(3)27(28)34)13-11-23(32)26(29)30/h7,18-22,24,26-27,34H,1,8-17H2,2-6H3/t18?,19-,20+,21+,24+,26?,27-,28+,29?,30?/m0/s1/i34D. The molecule has 5 aliphatic rings. The number of aliphatic hydroxyl groups excluding tert-OH is 1. The Labute approximate surface area is 223 Å². The maximum atomic E-state index is 13.6. The van der Waals surface area contributed by atoms with Crippen LogP contribution in [-0.4, -0.2) is 65.5 Å². The molecule has 4 unspecified atom stereocenters. The van der Waals surface area contributed by atoms with E-state index in [2.05, 4.69) is 46.2 Å². The van der Waals surface area contributed by atoms with Crippen LogP contribution in [0.15, 0.2) is 12.7 Å². The van der Waals surface area contributed by atoms with E-state index in [1.54, 1.807) is 11.8 Å². The molecule has 3 saturated carbocycles. The maximum Gasteiger partial charge on any atom is 0.316 e. The van der Waals surface area contributed by atoms with E-state index in [9.17, 15) is 9.59 Å². The molecular formula is C30H47NO4S. The molecule has 0 aromatic heterocycles. The van der Waals surface area contributed by atoms with Crippen LogP contribution in [0.2, 0.25) is 0 Å². The van der Waals surface area contributed by atoms with E-state index in [1.807, 2.05) is 6.08 Å². The van der Waals surface area contributed by atoms with Gasteiger partial charge in [-0.2, -0.15) is 0 Å². The lowest BCUT2D eigenvalue weighted by Gasteiger charge is -2.61. The Hall–Kier alpha value is -0.850. The number of fused-ring (bicyclic) bond motifs is 2. The Morgan fingerprint density at radius 3 is 2.58 bits per heavy atom. The van der Waals surface area contributed by atoms with E-state index in [0.29, 0.717) is 41.7 Å². The summed E-state index contributed by atoms with van der Waals surface area (Å²) < 4.78 is 14.5. The van der Waals surface area contributed by atoms with Crippen molar-refractivity contribution in [2.24, 2.45) is 34.0 Å². The Morgan fingerprint density at radius 1 is 1.25 bits per heavy atom. The predicted octanol–water partition coefficient (Wildman–Crippen LogP) is 5.25. The second-order valence-corrected chi connectivity index (χ2v) is 14.8. The van der Waals surface area contributed by atoms with Crippen LogP contribution < -0.4 is 0 Å². The minimum absolute atomic E-state index is 0.0447. The van der Waals surface area contributed by atoms with E-state index in [0.717, 1.165) is 32.1 Å². The Kier molecular flexibility index (Phi) is 6.65. The lowest BCUT2D eigenvalue weighted by Crippen LogP contribution is -2.63. The topological polar surface area (TPSA) is 66.8 Å². The number of hydrogen-bond donors (Lipinski definition) is 1. The van der Waals surface area contributed by atoms with Gasteiger partial charge in [0, 0.05) is 40.5 Å². The number of ether oxygens (including phenoxy) is 1. The van der Waals surface area contributed by atoms with Crippen LogP contribution in [0.5, 0.6) is 0 Å². The number of Topliss-reactive ketones (excluding diaryl/α,β-unsaturated/α-hetero) is 1. The van der Waals surface area contributed by atoms with E-state index >= 15 is 0 Å². The van der Waals surface area contributed by atoms with Crippen molar-refractivity contribution >= 4 is 23.5 Å². The number of carbonyl (C=O) groups excluding carboxylic acids is 2. The number of aliphatic hydroxyl groups is 1. The quantitative estimate of drug-likeness (QED) is 0.383. The smallest absolute Gasteiger partial charge is 0.316 e. The molecule has 0 radical (unpaired) electrons. The van der Waals surface area contributed by atoms with Crippen LogP contribution in [-0.2, 0) is 14.3 Å². The Bertz CT molecular complexity index is 917. The average Bonchev–Trinajstić information content (AvgIpc) is 3.30. The number of ketones is 1. The van der Waals surface area contributed by atoms with Crippen LogP contribution >= 0.6 is 11.8 Å². The van der Waals surface area contributed by atoms with Crippen molar-refractivity contribution in [3.8, 4) is 0 Å². The van der Waals surface area contributed by atoms with Gasteiger partial charge in [-0.05, 0) is 75.7 Å². The molecule has 202 valence electrons. The summed E-state index contributed by atoms with van der Waals surface area (Å²) in [6.45, 7) is 12.9. The number of piperidine rings is 1. The number of esters is 1. The summed E-state index contributed by atoms with van der Waals surface area (Å²) in [7, 11) is 2.24. The van der Waals surface area contributed by atoms with Crippen molar-refractivity contribution in [2.75, 3.05) is 12.8 Å². The molecular weight excluding hydrogens is 470 g/mol. The molecule has 1 N–H and O–H groups in total. The van der Waals surface area contributed by atoms with Gasteiger partial charge in [0.1, 0.15) is 11.9 Å². The average molecular weight is 519 g/mol. The molecule has 3 aliphatic carbocycles. The minimum atomic E-state index is -0.533. The molecule has 0 amide bonds. The van der Waals surface area contributed by atoms with Crippen molar-refractivity contribution in [2.45, 2.75) is 115 Å². The largest absolute Gasteiger partial charge is 0.461 e. The molecule has 0 aromatic carbocycles. The number of rotatable bonds is 6. The maximum absolute atomic E-state index is 13.6. The summed E-state index contributed by atoms with van der Waals surface area (Å²) in [6.07, 6.45) is 9.84. The van der Waals surface area contributed by atoms with Crippen LogP contribution in [0.25, 0.3) is 0 Å². The van der Waals surface area contributed by atoms with Gasteiger partial charge in [-0.1, -0.05) is 33.8 Å². The van der Waals surface area contributed by atoms with Crippen molar-refractivity contribution in [3.05, 3.63) is 12.7 Å². The summed E-state index contributed by atoms with van der Waals surface area (Å²) in [5, 5.41) is 5.98. The Morgan fingerprint density at radius 2 is 1.94 bits per heavy atom. The first-order valence-electron chi connectivity index (χ1n) is 14.7. The number of thioether (sulfide) groups is 1. The predicted molar refractivity (Wildman–Crippen MR) is 145 cm³/mol. The van der Waals surface area contributed by atoms with Gasteiger partial charge in [0.25, 0.3) is 0 Å². The fourth-order valence-corrected chi connectivity index (χ4v) is 10.5. The first kappa shape index (κ1) is 25.4. The Balaban J connectivity index is 1.41. The van der Waals surface area contributed by atoms with E-state index in [1.165, 1.54) is 12.8 Å². The molecule has 0 aromatic rings. The van der Waals surface area contributed by atoms with E-state index in [-0.39, 0.29) is 29.1 Å². The third-order valence-electron chi connectivity index (χ3n) is 12.0. The SMILES string of the molecule is [2H]O[C@H]1[C@H](C)C23CCC(=O)C2C(C)(C(C)CC3)[C@H](OC(=O)CSC2C[C@H]3CC[C@H](C2)N3C)C[C@@]1(C)C=C. The zero-order valence-corrected chi connectivity index (χ0v) is 23.8. The molecule has 2 aliphatic heterocycles. The van der Waals surface area contributed by atoms with Gasteiger partial charge in [-0.25, -0.2) is 0 Å². The van der Waals surface area contributed by atoms with E-state index < -0.39 is 23.0 Å². The molecule has 36 heavy (non-hydrogen) atoms. The zero-order chi connectivity index (χ0) is 26.8. The molecule has 6 heteroatoms. The second kappa shape index (κ2) is 9.41. The molecule has 4 bridgehead atoms. The highest BCUT2D eigenvalue weighted by atomic mass is 32.2. The molecule has 5 rings (SSSR count). The first-order valence-corrected chi connectivity index (χ1v) is 15.4. The fourth-order valence-electron chi connectivity index (χ4n) is 9.36. The third-order valence-corrected chi connectivity index (χ3v) is 13.3. The molecule has 5 fully saturated rings. The lowest BCUT2D eigenvalue weighted by atomic mass is 9.44. The number of carbonyl (C=O) groups is 2. The van der Waals surface area contributed by atoms with Gasteiger partial charge in [-0.3, -0.25) is 9.59 Å². The van der Waals surface area contributed by atoms with Gasteiger partial charge in [0.05, 0.1) is 11.9 Å². The third kappa shape index (κ3) is 3.95. The normalized spacial score (nSPS) is 51.1. The fraction of sp³-hybridized carbons (Fsp3) is 0.867. The van der Waals surface area contributed by atoms with E-state index in [4.69, 9.17) is 11.3 Å². The highest BCUT2D eigenvalue weighted by molar-refractivity contribution is 8.00. The van der Waals surface area contributed by atoms with Gasteiger partial charge in [-0.15, -0.1) is 18.3 Å². The van der Waals surface area contributed by atoms with Crippen molar-refractivity contribution in [1.29, 1.82) is 1.43 Å². The van der Waals surface area contributed by atoms with Crippen LogP contribution in [0.4, 0.5) is 0 Å².